The lowest BCUT2D eigenvalue weighted by atomic mass is 10.3. The molecule has 0 aliphatic carbocycles. The van der Waals surface area contributed by atoms with Crippen molar-refractivity contribution < 1.29 is 13.2 Å². The van der Waals surface area contributed by atoms with E-state index in [0.29, 0.717) is 12.3 Å². The van der Waals surface area contributed by atoms with Crippen LogP contribution in [0.1, 0.15) is 6.92 Å². The number of benzene rings is 1. The highest BCUT2D eigenvalue weighted by Gasteiger charge is 2.08. The largest absolute Gasteiger partial charge is 0.491 e. The van der Waals surface area contributed by atoms with E-state index in [2.05, 4.69) is 11.4 Å². The van der Waals surface area contributed by atoms with Crippen molar-refractivity contribution in [2.45, 2.75) is 17.9 Å². The van der Waals surface area contributed by atoms with Crippen LogP contribution in [0.25, 0.3) is 0 Å². The molecule has 98 valence electrons. The third-order valence-corrected chi connectivity index (χ3v) is 3.40. The van der Waals surface area contributed by atoms with Crippen molar-refractivity contribution in [3.05, 3.63) is 24.3 Å². The maximum atomic E-state index is 11.2. The highest BCUT2D eigenvalue weighted by Crippen LogP contribution is 2.15. The van der Waals surface area contributed by atoms with Gasteiger partial charge in [0.2, 0.25) is 0 Å². The Bertz CT molecular complexity index is 517. The molecule has 0 radical (unpaired) electrons. The normalized spacial score (nSPS) is 12.7. The van der Waals surface area contributed by atoms with E-state index in [9.17, 15) is 8.42 Å². The number of hydrogen-bond donors (Lipinski definition) is 1. The molecule has 1 atom stereocenters. The van der Waals surface area contributed by atoms with E-state index in [0.717, 1.165) is 6.26 Å². The van der Waals surface area contributed by atoms with Gasteiger partial charge in [0.1, 0.15) is 18.4 Å². The fourth-order valence-electron chi connectivity index (χ4n) is 1.35. The number of nitriles is 1. The zero-order chi connectivity index (χ0) is 13.6. The molecule has 0 saturated heterocycles. The summed E-state index contributed by atoms with van der Waals surface area (Å²) in [5.41, 5.74) is 0. The van der Waals surface area contributed by atoms with Crippen molar-refractivity contribution in [1.82, 2.24) is 5.32 Å². The van der Waals surface area contributed by atoms with Crippen LogP contribution in [0.15, 0.2) is 29.2 Å². The Labute approximate surface area is 107 Å². The first-order chi connectivity index (χ1) is 8.47. The van der Waals surface area contributed by atoms with Gasteiger partial charge in [-0.05, 0) is 30.8 Å². The summed E-state index contributed by atoms with van der Waals surface area (Å²) in [7, 11) is -3.18. The van der Waals surface area contributed by atoms with E-state index >= 15 is 0 Å². The highest BCUT2D eigenvalue weighted by molar-refractivity contribution is 7.90. The van der Waals surface area contributed by atoms with Crippen LogP contribution in [0.3, 0.4) is 0 Å². The molecule has 0 bridgehead atoms. The summed E-state index contributed by atoms with van der Waals surface area (Å²) >= 11 is 0. The van der Waals surface area contributed by atoms with Crippen molar-refractivity contribution in [2.24, 2.45) is 0 Å². The molecule has 0 heterocycles. The van der Waals surface area contributed by atoms with Crippen molar-refractivity contribution >= 4 is 9.84 Å². The number of hydrogen-bond acceptors (Lipinski definition) is 5. The molecule has 1 N–H and O–H groups in total. The van der Waals surface area contributed by atoms with Gasteiger partial charge in [-0.15, -0.1) is 0 Å². The predicted molar refractivity (Wildman–Crippen MR) is 68.1 cm³/mol. The third-order valence-electron chi connectivity index (χ3n) is 2.27. The summed E-state index contributed by atoms with van der Waals surface area (Å²) in [6, 6.07) is 7.84. The molecule has 0 amide bonds. The number of sulfone groups is 1. The van der Waals surface area contributed by atoms with Gasteiger partial charge >= 0.3 is 0 Å². The van der Waals surface area contributed by atoms with Crippen LogP contribution >= 0.6 is 0 Å². The van der Waals surface area contributed by atoms with Crippen LogP contribution in [-0.4, -0.2) is 33.9 Å². The third kappa shape index (κ3) is 4.35. The first kappa shape index (κ1) is 14.5. The van der Waals surface area contributed by atoms with E-state index in [-0.39, 0.29) is 17.5 Å². The molecule has 0 aromatic heterocycles. The summed E-state index contributed by atoms with van der Waals surface area (Å²) in [5.74, 6) is 0.542. The van der Waals surface area contributed by atoms with Gasteiger partial charge in [-0.25, -0.2) is 8.42 Å². The second kappa shape index (κ2) is 6.38. The van der Waals surface area contributed by atoms with Crippen LogP contribution in [0.5, 0.6) is 5.75 Å². The number of likely N-dealkylation sites (N-methyl/N-ethyl adjacent to an activating group) is 1. The SMILES string of the molecule is CCNC(C#N)COc1ccc(S(C)(=O)=O)cc1. The molecule has 0 fully saturated rings. The van der Waals surface area contributed by atoms with Gasteiger partial charge in [-0.2, -0.15) is 5.26 Å². The van der Waals surface area contributed by atoms with Gasteiger partial charge in [-0.1, -0.05) is 6.92 Å². The number of nitrogens with zero attached hydrogens (tertiary/aromatic N) is 1. The van der Waals surface area contributed by atoms with E-state index in [1.165, 1.54) is 12.1 Å². The number of nitrogens with one attached hydrogen (secondary N) is 1. The van der Waals surface area contributed by atoms with Crippen molar-refractivity contribution in [3.8, 4) is 11.8 Å². The molecule has 18 heavy (non-hydrogen) atoms. The quantitative estimate of drug-likeness (QED) is 0.831. The molecule has 1 aromatic rings. The second-order valence-electron chi connectivity index (χ2n) is 3.79. The molecule has 1 rings (SSSR count). The van der Waals surface area contributed by atoms with Gasteiger partial charge in [-0.3, -0.25) is 5.32 Å². The zero-order valence-electron chi connectivity index (χ0n) is 10.4. The highest BCUT2D eigenvalue weighted by atomic mass is 32.2. The summed E-state index contributed by atoms with van der Waals surface area (Å²) < 4.78 is 27.9. The summed E-state index contributed by atoms with van der Waals surface area (Å²) in [4.78, 5) is 0.248. The van der Waals surface area contributed by atoms with Crippen LogP contribution in [-0.2, 0) is 9.84 Å². The predicted octanol–water partition coefficient (Wildman–Crippen LogP) is 0.971. The first-order valence-electron chi connectivity index (χ1n) is 5.53. The van der Waals surface area contributed by atoms with E-state index < -0.39 is 9.84 Å². The topological polar surface area (TPSA) is 79.2 Å². The Morgan fingerprint density at radius 1 is 1.39 bits per heavy atom. The summed E-state index contributed by atoms with van der Waals surface area (Å²) in [5, 5.41) is 11.8. The minimum atomic E-state index is -3.18. The maximum Gasteiger partial charge on any atom is 0.175 e. The minimum Gasteiger partial charge on any atom is -0.491 e. The van der Waals surface area contributed by atoms with Gasteiger partial charge in [0.15, 0.2) is 9.84 Å². The molecular formula is C12H16N2O3S. The van der Waals surface area contributed by atoms with Crippen LogP contribution in [0.2, 0.25) is 0 Å². The van der Waals surface area contributed by atoms with E-state index in [1.54, 1.807) is 12.1 Å². The lowest BCUT2D eigenvalue weighted by molar-refractivity contribution is 0.290. The summed E-state index contributed by atoms with van der Waals surface area (Å²) in [6.45, 7) is 2.82. The van der Waals surface area contributed by atoms with Crippen molar-refractivity contribution in [3.63, 3.8) is 0 Å². The molecule has 1 aromatic carbocycles. The van der Waals surface area contributed by atoms with Crippen LogP contribution in [0.4, 0.5) is 0 Å². The molecule has 1 unspecified atom stereocenters. The minimum absolute atomic E-state index is 0.225. The lowest BCUT2D eigenvalue weighted by Crippen LogP contribution is -2.32. The Kier molecular flexibility index (Phi) is 5.13. The first-order valence-corrected chi connectivity index (χ1v) is 7.42. The second-order valence-corrected chi connectivity index (χ2v) is 5.81. The Morgan fingerprint density at radius 2 is 2.00 bits per heavy atom. The smallest absolute Gasteiger partial charge is 0.175 e. The van der Waals surface area contributed by atoms with E-state index in [1.807, 2.05) is 6.92 Å². The molecule has 0 aliphatic heterocycles. The average molecular weight is 268 g/mol. The van der Waals surface area contributed by atoms with Crippen molar-refractivity contribution in [1.29, 1.82) is 5.26 Å². The van der Waals surface area contributed by atoms with Crippen LogP contribution < -0.4 is 10.1 Å². The van der Waals surface area contributed by atoms with Gasteiger partial charge in [0.05, 0.1) is 11.0 Å². The number of ether oxygens (including phenoxy) is 1. The molecule has 0 aliphatic rings. The monoisotopic (exact) mass is 268 g/mol. The lowest BCUT2D eigenvalue weighted by Gasteiger charge is -2.11. The van der Waals surface area contributed by atoms with Gasteiger partial charge in [0.25, 0.3) is 0 Å². The standard InChI is InChI=1S/C12H16N2O3S/c1-3-14-10(8-13)9-17-11-4-6-12(7-5-11)18(2,15)16/h4-7,10,14H,3,9H2,1-2H3. The van der Waals surface area contributed by atoms with Crippen LogP contribution in [0, 0.1) is 11.3 Å². The maximum absolute atomic E-state index is 11.2. The van der Waals surface area contributed by atoms with Gasteiger partial charge in [0, 0.05) is 6.26 Å². The molecule has 5 nitrogen and oxygen atoms in total. The Morgan fingerprint density at radius 3 is 2.44 bits per heavy atom. The molecule has 0 spiro atoms. The van der Waals surface area contributed by atoms with Crippen molar-refractivity contribution in [2.75, 3.05) is 19.4 Å². The Balaban J connectivity index is 2.62. The fraction of sp³-hybridized carbons (Fsp3) is 0.417. The number of rotatable bonds is 6. The zero-order valence-corrected chi connectivity index (χ0v) is 11.2. The summed E-state index contributed by atoms with van der Waals surface area (Å²) in [6.07, 6.45) is 1.15. The van der Waals surface area contributed by atoms with Gasteiger partial charge < -0.3 is 4.74 Å². The average Bonchev–Trinajstić information content (AvgIpc) is 2.34. The molecular weight excluding hydrogens is 252 g/mol. The Hall–Kier alpha value is -1.58. The van der Waals surface area contributed by atoms with E-state index in [4.69, 9.17) is 10.00 Å². The molecule has 0 saturated carbocycles. The molecule has 6 heteroatoms. The fourth-order valence-corrected chi connectivity index (χ4v) is 1.98.